The molecule has 0 aliphatic rings. The molecule has 3 atom stereocenters. The molecule has 0 saturated heterocycles. The molecule has 0 nitrogen and oxygen atoms in total. The molecular weight excluding hydrogens is 445 g/mol. The van der Waals surface area contributed by atoms with Crippen molar-refractivity contribution >= 4 is 110 Å². The van der Waals surface area contributed by atoms with Gasteiger partial charge in [0.05, 0.1) is 4.58 Å². The molecule has 0 radical (unpaired) electrons. The van der Waals surface area contributed by atoms with Gasteiger partial charge in [0.1, 0.15) is 0 Å². The minimum absolute atomic E-state index is 0.382. The molecule has 0 aromatic rings. The summed E-state index contributed by atoms with van der Waals surface area (Å²) in [4.78, 5) is 0. The smallest absolute Gasteiger partial charge is 0.0599 e. The van der Waals surface area contributed by atoms with Crippen LogP contribution in [0, 0.1) is 0 Å². The third-order valence-corrected chi connectivity index (χ3v) is 11.2. The zero-order chi connectivity index (χ0) is 16.6. The van der Waals surface area contributed by atoms with Crippen LogP contribution in [0.15, 0.2) is 0 Å². The summed E-state index contributed by atoms with van der Waals surface area (Å²) < 4.78 is 0.382. The molecule has 9 heteroatoms. The van der Waals surface area contributed by atoms with E-state index in [1.54, 1.807) is 0 Å². The monoisotopic (exact) mass is 472 g/mol. The van der Waals surface area contributed by atoms with Crippen LogP contribution in [0.4, 0.5) is 0 Å². The molecule has 134 valence electrons. The van der Waals surface area contributed by atoms with E-state index < -0.39 is 0 Å². The van der Waals surface area contributed by atoms with Gasteiger partial charge in [-0.15, -0.1) is 11.8 Å². The van der Waals surface area contributed by atoms with Gasteiger partial charge in [0, 0.05) is 39.3 Å². The standard InChI is InChI=1S/C13H28S9/c14-2-1-5-19-10-12(21-7-4-16)13(18)22-9-11(8-17)20-6-3-15/h11-18H,1-10H2. The lowest BCUT2D eigenvalue weighted by Gasteiger charge is -2.24. The summed E-state index contributed by atoms with van der Waals surface area (Å²) in [5.41, 5.74) is 0. The first-order valence-corrected chi connectivity index (χ1v) is 14.6. The number of thiol groups is 5. The fourth-order valence-corrected chi connectivity index (χ4v) is 8.64. The second kappa shape index (κ2) is 18.9. The van der Waals surface area contributed by atoms with Crippen molar-refractivity contribution in [2.24, 2.45) is 0 Å². The Morgan fingerprint density at radius 1 is 0.727 bits per heavy atom. The van der Waals surface area contributed by atoms with Gasteiger partial charge in [-0.25, -0.2) is 0 Å². The number of hydrogen-bond acceptors (Lipinski definition) is 9. The number of rotatable bonds is 16. The van der Waals surface area contributed by atoms with Crippen molar-refractivity contribution in [3.63, 3.8) is 0 Å². The van der Waals surface area contributed by atoms with Gasteiger partial charge in [0.25, 0.3) is 0 Å². The molecule has 3 unspecified atom stereocenters. The van der Waals surface area contributed by atoms with E-state index >= 15 is 0 Å². The lowest BCUT2D eigenvalue weighted by atomic mass is 10.5. The highest BCUT2D eigenvalue weighted by atomic mass is 32.2. The molecule has 22 heavy (non-hydrogen) atoms. The fraction of sp³-hybridized carbons (Fsp3) is 1.00. The van der Waals surface area contributed by atoms with Crippen LogP contribution in [0.25, 0.3) is 0 Å². The summed E-state index contributed by atoms with van der Waals surface area (Å²) >= 11 is 30.2. The maximum Gasteiger partial charge on any atom is 0.0599 e. The largest absolute Gasteiger partial charge is 0.179 e. The number of thioether (sulfide) groups is 4. The maximum absolute atomic E-state index is 4.87. The summed E-state index contributed by atoms with van der Waals surface area (Å²) in [6.45, 7) is 0. The first-order valence-electron chi connectivity index (χ1n) is 7.23. The van der Waals surface area contributed by atoms with Gasteiger partial charge in [0.15, 0.2) is 0 Å². The van der Waals surface area contributed by atoms with Crippen LogP contribution in [-0.2, 0) is 0 Å². The van der Waals surface area contributed by atoms with Gasteiger partial charge in [0.2, 0.25) is 0 Å². The minimum Gasteiger partial charge on any atom is -0.179 e. The Labute approximate surface area is 181 Å². The average Bonchev–Trinajstić information content (AvgIpc) is 2.54. The molecule has 0 amide bonds. The predicted molar refractivity (Wildman–Crippen MR) is 135 cm³/mol. The van der Waals surface area contributed by atoms with E-state index in [-0.39, 0.29) is 0 Å². The first-order chi connectivity index (χ1) is 10.7. The van der Waals surface area contributed by atoms with Crippen LogP contribution in [0.2, 0.25) is 0 Å². The van der Waals surface area contributed by atoms with Crippen LogP contribution in [-0.4, -0.2) is 66.9 Å². The third-order valence-electron chi connectivity index (χ3n) is 2.57. The predicted octanol–water partition coefficient (Wildman–Crippen LogP) is 5.02. The number of hydrogen-bond donors (Lipinski definition) is 5. The average molecular weight is 473 g/mol. The molecule has 0 aromatic carbocycles. The molecule has 0 saturated carbocycles. The Kier molecular flexibility index (Phi) is 21.6. The fourth-order valence-electron chi connectivity index (χ4n) is 1.47. The summed E-state index contributed by atoms with van der Waals surface area (Å²) in [5.74, 6) is 9.47. The molecule has 0 fully saturated rings. The zero-order valence-corrected chi connectivity index (χ0v) is 20.4. The van der Waals surface area contributed by atoms with Crippen molar-refractivity contribution in [3.8, 4) is 0 Å². The molecule has 0 heterocycles. The van der Waals surface area contributed by atoms with Crippen LogP contribution in [0.1, 0.15) is 6.42 Å². The van der Waals surface area contributed by atoms with Crippen molar-refractivity contribution in [1.82, 2.24) is 0 Å². The van der Waals surface area contributed by atoms with E-state index in [1.165, 1.54) is 17.9 Å². The van der Waals surface area contributed by atoms with E-state index in [9.17, 15) is 0 Å². The van der Waals surface area contributed by atoms with E-state index in [4.69, 9.17) is 12.6 Å². The van der Waals surface area contributed by atoms with Crippen LogP contribution in [0.5, 0.6) is 0 Å². The second-order valence-corrected chi connectivity index (χ2v) is 12.1. The highest BCUT2D eigenvalue weighted by molar-refractivity contribution is 8.13. The maximum atomic E-state index is 4.87. The van der Waals surface area contributed by atoms with Gasteiger partial charge in [-0.3, -0.25) is 0 Å². The van der Waals surface area contributed by atoms with Crippen molar-refractivity contribution in [3.05, 3.63) is 0 Å². The summed E-state index contributed by atoms with van der Waals surface area (Å²) in [6, 6.07) is 0. The minimum atomic E-state index is 0.382. The first kappa shape index (κ1) is 25.1. The van der Waals surface area contributed by atoms with Crippen LogP contribution >= 0.6 is 110 Å². The van der Waals surface area contributed by atoms with Gasteiger partial charge in [-0.1, -0.05) is 0 Å². The zero-order valence-electron chi connectivity index (χ0n) is 12.7. The normalized spacial score (nSPS) is 15.7. The Balaban J connectivity index is 4.14. The molecule has 0 spiro atoms. The summed E-state index contributed by atoms with van der Waals surface area (Å²) in [5, 5.41) is 1.18. The third kappa shape index (κ3) is 14.3. The van der Waals surface area contributed by atoms with Crippen molar-refractivity contribution in [2.75, 3.05) is 51.8 Å². The Bertz CT molecular complexity index is 230. The molecular formula is C13H28S9. The second-order valence-electron chi connectivity index (χ2n) is 4.41. The van der Waals surface area contributed by atoms with Crippen molar-refractivity contribution in [2.45, 2.75) is 21.5 Å². The molecule has 0 aliphatic heterocycles. The van der Waals surface area contributed by atoms with Gasteiger partial charge in [-0.05, 0) is 29.4 Å². The van der Waals surface area contributed by atoms with E-state index in [0.717, 1.165) is 40.3 Å². The quantitative estimate of drug-likeness (QED) is 0.121. The highest BCUT2D eigenvalue weighted by Gasteiger charge is 2.20. The van der Waals surface area contributed by atoms with Crippen molar-refractivity contribution < 1.29 is 0 Å². The van der Waals surface area contributed by atoms with Gasteiger partial charge in [-0.2, -0.15) is 98.4 Å². The Morgan fingerprint density at radius 3 is 2.00 bits per heavy atom. The van der Waals surface area contributed by atoms with Gasteiger partial charge < -0.3 is 0 Å². The molecule has 0 aromatic heterocycles. The Hall–Kier alpha value is 3.15. The highest BCUT2D eigenvalue weighted by Crippen LogP contribution is 2.32. The summed E-state index contributed by atoms with van der Waals surface area (Å²) in [6.07, 6.45) is 1.18. The van der Waals surface area contributed by atoms with E-state index in [1.807, 2.05) is 47.0 Å². The Morgan fingerprint density at radius 2 is 1.41 bits per heavy atom. The van der Waals surface area contributed by atoms with E-state index in [0.29, 0.717) is 15.1 Å². The molecule has 0 rings (SSSR count). The van der Waals surface area contributed by atoms with Crippen molar-refractivity contribution in [1.29, 1.82) is 0 Å². The SMILES string of the molecule is SCCCSCC(SCCS)C(S)SCC(CS)SCCS. The lowest BCUT2D eigenvalue weighted by Crippen LogP contribution is -2.21. The molecule has 0 aliphatic carbocycles. The van der Waals surface area contributed by atoms with Crippen LogP contribution < -0.4 is 0 Å². The molecule has 0 bridgehead atoms. The lowest BCUT2D eigenvalue weighted by molar-refractivity contribution is 1.07. The van der Waals surface area contributed by atoms with Gasteiger partial charge >= 0.3 is 0 Å². The van der Waals surface area contributed by atoms with Crippen LogP contribution in [0.3, 0.4) is 0 Å². The van der Waals surface area contributed by atoms with E-state index in [2.05, 4.69) is 50.5 Å². The topological polar surface area (TPSA) is 0 Å². The molecule has 0 N–H and O–H groups in total. The summed E-state index contributed by atoms with van der Waals surface area (Å²) in [7, 11) is 0.